The van der Waals surface area contributed by atoms with Crippen molar-refractivity contribution in [2.24, 2.45) is 0 Å². The maximum atomic E-state index is 5.51. The Labute approximate surface area is 388 Å². The third-order valence-corrected chi connectivity index (χ3v) is 13.1. The normalized spacial score (nSPS) is 11.3. The molecule has 3 aromatic heterocycles. The third-order valence-electron chi connectivity index (χ3n) is 13.1. The summed E-state index contributed by atoms with van der Waals surface area (Å²) in [7, 11) is 10.9. The van der Waals surface area contributed by atoms with Gasteiger partial charge in [0.25, 0.3) is 0 Å². The topological polar surface area (TPSA) is 82.3 Å². The van der Waals surface area contributed by atoms with Crippen LogP contribution in [0.3, 0.4) is 0 Å². The van der Waals surface area contributed by atoms with Gasteiger partial charge in [-0.1, -0.05) is 163 Å². The van der Waals surface area contributed by atoms with Gasteiger partial charge in [0, 0.05) is 44.2 Å². The van der Waals surface area contributed by atoms with Crippen LogP contribution < -0.4 is 27.3 Å². The van der Waals surface area contributed by atoms with Gasteiger partial charge in [-0.05, 0) is 41.5 Å². The van der Waals surface area contributed by atoms with Crippen LogP contribution in [0.5, 0.6) is 0 Å². The Morgan fingerprint density at radius 1 is 0.303 bits per heavy atom. The fraction of sp³-hybridized carbons (Fsp3) is 0. The van der Waals surface area contributed by atoms with Crippen molar-refractivity contribution >= 4 is 88.4 Å². The Bertz CT molecular complexity index is 3560. The van der Waals surface area contributed by atoms with Crippen molar-refractivity contribution in [1.82, 2.24) is 34.5 Å². The highest BCUT2D eigenvalue weighted by Crippen LogP contribution is 2.41. The summed E-state index contributed by atoms with van der Waals surface area (Å²) in [5, 5.41) is 2.32. The molecule has 0 saturated heterocycles. The van der Waals surface area contributed by atoms with E-state index >= 15 is 0 Å². The Balaban J connectivity index is 1.24. The predicted molar refractivity (Wildman–Crippen MR) is 286 cm³/mol. The van der Waals surface area contributed by atoms with E-state index in [4.69, 9.17) is 29.9 Å². The maximum absolute atomic E-state index is 5.51. The molecule has 0 radical (unpaired) electrons. The zero-order valence-electron chi connectivity index (χ0n) is 37.5. The molecule has 0 aliphatic rings. The van der Waals surface area contributed by atoms with E-state index in [0.717, 1.165) is 77.5 Å². The Morgan fingerprint density at radius 3 is 1.29 bits per heavy atom. The molecule has 306 valence electrons. The van der Waals surface area contributed by atoms with E-state index in [9.17, 15) is 0 Å². The number of fused-ring (bicyclic) bond motifs is 3. The number of benzene rings is 8. The van der Waals surface area contributed by atoms with Gasteiger partial charge in [-0.25, -0.2) is 29.9 Å². The first kappa shape index (κ1) is 40.7. The molecule has 0 unspecified atom stereocenters. The predicted octanol–water partition coefficient (Wildman–Crippen LogP) is 4.11. The molecule has 0 N–H and O–H groups in total. The summed E-state index contributed by atoms with van der Waals surface area (Å²) in [5.74, 6) is 3.47. The van der Waals surface area contributed by atoms with Crippen LogP contribution in [0, 0.1) is 0 Å². The lowest BCUT2D eigenvalue weighted by Crippen LogP contribution is -2.55. The van der Waals surface area contributed by atoms with Crippen molar-refractivity contribution in [3.63, 3.8) is 0 Å². The minimum Gasteiger partial charge on any atom is -0.308 e. The highest BCUT2D eigenvalue weighted by atomic mass is 15.1. The second kappa shape index (κ2) is 16.8. The summed E-state index contributed by atoms with van der Waals surface area (Å²) in [4.78, 5) is 31.5. The summed E-state index contributed by atoms with van der Waals surface area (Å²) in [5.41, 5.74) is 16.8. The lowest BCUT2D eigenvalue weighted by atomic mass is 9.60. The zero-order valence-corrected chi connectivity index (χ0v) is 37.5. The number of hydrogen-bond donors (Lipinski definition) is 0. The SMILES string of the molecule is Bc1c(B)c(B)c(-c2nc(-c3ccccc3)nc(-c3cc(-c4nc(-c5ccccc5)nc(-c5ccccc5)n4)ccc3-n3c4ccccc4c4c(-c5ccccc5)cccc43)n2)c(B)c1B. The van der Waals surface area contributed by atoms with E-state index in [1.165, 1.54) is 21.8 Å². The first-order valence-corrected chi connectivity index (χ1v) is 22.3. The van der Waals surface area contributed by atoms with E-state index in [0.29, 0.717) is 34.9 Å². The summed E-state index contributed by atoms with van der Waals surface area (Å²) < 4.78 is 2.36. The quantitative estimate of drug-likeness (QED) is 0.215. The van der Waals surface area contributed by atoms with Gasteiger partial charge in [0.15, 0.2) is 34.9 Å². The smallest absolute Gasteiger partial charge is 0.166 e. The van der Waals surface area contributed by atoms with Crippen LogP contribution in [0.1, 0.15) is 0 Å². The van der Waals surface area contributed by atoms with Crippen LogP contribution >= 0.6 is 0 Å². The van der Waals surface area contributed by atoms with Crippen LogP contribution in [-0.4, -0.2) is 73.7 Å². The lowest BCUT2D eigenvalue weighted by molar-refractivity contribution is 1.06. The first-order chi connectivity index (χ1) is 32.3. The van der Waals surface area contributed by atoms with Crippen LogP contribution in [0.4, 0.5) is 0 Å². The standard InChI is InChI=1S/C54H40B5N7/c55-44-43(45(56)47(58)48(59)46(44)57)54-64-51(34-22-11-4-12-23-34)63-53(65-54)38-30-35(52-61-49(32-18-7-2-8-19-32)60-50(62-52)33-20-9-3-10-21-33)28-29-40(38)66-39-26-14-13-24-37(39)42-36(25-15-27-41(42)66)31-16-5-1-6-17-31/h1-30H,55-59H2. The monoisotopic (exact) mass is 841 g/mol. The van der Waals surface area contributed by atoms with Crippen LogP contribution in [0.25, 0.3) is 107 Å². The summed E-state index contributed by atoms with van der Waals surface area (Å²) in [6, 6.07) is 62.6. The van der Waals surface area contributed by atoms with Gasteiger partial charge in [0.1, 0.15) is 39.2 Å². The fourth-order valence-electron chi connectivity index (χ4n) is 9.28. The van der Waals surface area contributed by atoms with Gasteiger partial charge in [0.2, 0.25) is 0 Å². The molecular weight excluding hydrogens is 801 g/mol. The number of nitrogens with zero attached hydrogens (tertiary/aromatic N) is 7. The molecule has 0 aliphatic heterocycles. The molecule has 0 fully saturated rings. The van der Waals surface area contributed by atoms with Gasteiger partial charge in [0.05, 0.1) is 16.7 Å². The number of para-hydroxylation sites is 1. The Morgan fingerprint density at radius 2 is 0.727 bits per heavy atom. The van der Waals surface area contributed by atoms with Crippen molar-refractivity contribution in [1.29, 1.82) is 0 Å². The van der Waals surface area contributed by atoms with E-state index in [1.54, 1.807) is 0 Å². The molecule has 11 rings (SSSR count). The minimum atomic E-state index is 0.538. The second-order valence-electron chi connectivity index (χ2n) is 16.9. The molecule has 0 spiro atoms. The third kappa shape index (κ3) is 7.11. The van der Waals surface area contributed by atoms with Gasteiger partial charge in [-0.3, -0.25) is 0 Å². The highest BCUT2D eigenvalue weighted by molar-refractivity contribution is 6.68. The van der Waals surface area contributed by atoms with Gasteiger partial charge in [-0.15, -0.1) is 16.4 Å². The Kier molecular flexibility index (Phi) is 10.3. The van der Waals surface area contributed by atoms with Crippen molar-refractivity contribution < 1.29 is 0 Å². The first-order valence-electron chi connectivity index (χ1n) is 22.3. The van der Waals surface area contributed by atoms with Crippen LogP contribution in [-0.2, 0) is 0 Å². The van der Waals surface area contributed by atoms with Crippen molar-refractivity contribution in [2.45, 2.75) is 0 Å². The van der Waals surface area contributed by atoms with E-state index in [-0.39, 0.29) is 0 Å². The maximum Gasteiger partial charge on any atom is 0.166 e. The molecule has 0 bridgehead atoms. The zero-order chi connectivity index (χ0) is 44.9. The van der Waals surface area contributed by atoms with Crippen molar-refractivity contribution in [3.8, 4) is 85.1 Å². The summed E-state index contributed by atoms with van der Waals surface area (Å²) >= 11 is 0. The number of aromatic nitrogens is 7. The van der Waals surface area contributed by atoms with Crippen LogP contribution in [0.15, 0.2) is 182 Å². The van der Waals surface area contributed by atoms with Gasteiger partial charge in [-0.2, -0.15) is 0 Å². The molecule has 7 nitrogen and oxygen atoms in total. The molecular formula is C54H40B5N7. The molecule has 8 aromatic carbocycles. The van der Waals surface area contributed by atoms with E-state index in [1.807, 2.05) is 78.9 Å². The molecule has 0 atom stereocenters. The fourth-order valence-corrected chi connectivity index (χ4v) is 9.28. The lowest BCUT2D eigenvalue weighted by Gasteiger charge is -2.20. The van der Waals surface area contributed by atoms with E-state index < -0.39 is 0 Å². The molecule has 3 heterocycles. The average molecular weight is 841 g/mol. The minimum absolute atomic E-state index is 0.538. The summed E-state index contributed by atoms with van der Waals surface area (Å²) in [6.07, 6.45) is 0. The van der Waals surface area contributed by atoms with E-state index in [2.05, 4.69) is 147 Å². The molecule has 11 aromatic rings. The second-order valence-corrected chi connectivity index (χ2v) is 16.9. The largest absolute Gasteiger partial charge is 0.308 e. The van der Waals surface area contributed by atoms with Gasteiger partial charge >= 0.3 is 0 Å². The number of rotatable bonds is 8. The molecule has 0 aliphatic carbocycles. The molecule has 66 heavy (non-hydrogen) atoms. The average Bonchev–Trinajstić information content (AvgIpc) is 3.72. The summed E-state index contributed by atoms with van der Waals surface area (Å²) in [6.45, 7) is 0. The van der Waals surface area contributed by atoms with Gasteiger partial charge < -0.3 is 4.57 Å². The van der Waals surface area contributed by atoms with Crippen molar-refractivity contribution in [3.05, 3.63) is 182 Å². The number of hydrogen-bond acceptors (Lipinski definition) is 6. The van der Waals surface area contributed by atoms with Crippen molar-refractivity contribution in [2.75, 3.05) is 0 Å². The van der Waals surface area contributed by atoms with Crippen LogP contribution in [0.2, 0.25) is 0 Å². The molecule has 0 saturated carbocycles. The molecule has 12 heteroatoms. The highest BCUT2D eigenvalue weighted by Gasteiger charge is 2.24. The Hall–Kier alpha value is -8.10. The molecule has 0 amide bonds.